The normalized spacial score (nSPS) is 25.8. The lowest BCUT2D eigenvalue weighted by atomic mass is 9.77. The van der Waals surface area contributed by atoms with Crippen LogP contribution in [0.25, 0.3) is 17.4 Å². The number of hydrogen-bond acceptors (Lipinski definition) is 5. The van der Waals surface area contributed by atoms with E-state index in [9.17, 15) is 9.90 Å². The minimum atomic E-state index is -0.773. The van der Waals surface area contributed by atoms with Crippen LogP contribution in [0.4, 0.5) is 0 Å². The lowest BCUT2D eigenvalue weighted by Crippen LogP contribution is -2.50. The number of fused-ring (bicyclic) bond motifs is 2. The zero-order valence-electron chi connectivity index (χ0n) is 12.8. The van der Waals surface area contributed by atoms with Gasteiger partial charge in [-0.3, -0.25) is 4.98 Å². The fourth-order valence-corrected chi connectivity index (χ4v) is 3.32. The summed E-state index contributed by atoms with van der Waals surface area (Å²) in [5.74, 6) is 0.861. The second-order valence-corrected chi connectivity index (χ2v) is 6.20. The summed E-state index contributed by atoms with van der Waals surface area (Å²) >= 11 is 0. The summed E-state index contributed by atoms with van der Waals surface area (Å²) in [5, 5.41) is 10.4. The minimum Gasteiger partial charge on any atom is -0.479 e. The number of nitrogens with zero attached hydrogens (tertiary/aromatic N) is 1. The molecule has 0 aromatic carbocycles. The maximum atomic E-state index is 12.3. The lowest BCUT2D eigenvalue weighted by Gasteiger charge is -2.43. The molecule has 1 fully saturated rings. The van der Waals surface area contributed by atoms with Gasteiger partial charge in [-0.25, -0.2) is 4.79 Å². The van der Waals surface area contributed by atoms with E-state index in [2.05, 4.69) is 4.98 Å². The largest absolute Gasteiger partial charge is 0.479 e. The third kappa shape index (κ3) is 2.19. The van der Waals surface area contributed by atoms with Gasteiger partial charge < -0.3 is 14.3 Å². The minimum absolute atomic E-state index is 0.410. The monoisotopic (exact) mass is 311 g/mol. The Bertz CT molecular complexity index is 840. The molecule has 0 saturated heterocycles. The number of rotatable bonds is 1. The third-order valence-corrected chi connectivity index (χ3v) is 4.73. The van der Waals surface area contributed by atoms with Crippen molar-refractivity contribution in [3.8, 4) is 17.1 Å². The average molecular weight is 311 g/mol. The van der Waals surface area contributed by atoms with Crippen molar-refractivity contribution in [2.75, 3.05) is 0 Å². The summed E-state index contributed by atoms with van der Waals surface area (Å²) in [5.41, 5.74) is 0.867. The van der Waals surface area contributed by atoms with Crippen LogP contribution >= 0.6 is 0 Å². The Morgan fingerprint density at radius 3 is 3.09 bits per heavy atom. The fraction of sp³-hybridized carbons (Fsp3) is 0.333. The standard InChI is InChI=1S/C18H17NO4/c1-18-12(5-2-6-16(18)20)8-13-15(23-18)9-14(22-17(13)21)11-4-3-7-19-10-11/h3-4,7-10,16,20H,2,5-6H2,1H3/t16-,18-/m0/s1. The van der Waals surface area contributed by atoms with E-state index in [0.29, 0.717) is 29.1 Å². The van der Waals surface area contributed by atoms with Gasteiger partial charge in [0, 0.05) is 24.0 Å². The molecule has 4 rings (SSSR count). The topological polar surface area (TPSA) is 72.6 Å². The van der Waals surface area contributed by atoms with Crippen molar-refractivity contribution < 1.29 is 14.3 Å². The maximum Gasteiger partial charge on any atom is 0.347 e. The highest BCUT2D eigenvalue weighted by atomic mass is 16.5. The van der Waals surface area contributed by atoms with E-state index in [4.69, 9.17) is 9.15 Å². The molecule has 2 aromatic heterocycles. The second kappa shape index (κ2) is 5.06. The first kappa shape index (κ1) is 14.2. The molecule has 0 amide bonds. The Morgan fingerprint density at radius 1 is 1.43 bits per heavy atom. The van der Waals surface area contributed by atoms with E-state index in [1.165, 1.54) is 0 Å². The van der Waals surface area contributed by atoms with E-state index >= 15 is 0 Å². The Balaban J connectivity index is 1.86. The molecule has 0 radical (unpaired) electrons. The number of pyridine rings is 1. The number of hydrogen-bond donors (Lipinski definition) is 1. The summed E-state index contributed by atoms with van der Waals surface area (Å²) in [6.45, 7) is 1.88. The molecule has 2 atom stereocenters. The first-order chi connectivity index (χ1) is 11.1. The third-order valence-electron chi connectivity index (χ3n) is 4.73. The Hall–Kier alpha value is -2.40. The number of aliphatic hydroxyl groups is 1. The van der Waals surface area contributed by atoms with Gasteiger partial charge >= 0.3 is 5.63 Å². The van der Waals surface area contributed by atoms with Crippen LogP contribution in [0.5, 0.6) is 5.75 Å². The van der Waals surface area contributed by atoms with Crippen molar-refractivity contribution in [2.24, 2.45) is 0 Å². The summed E-state index contributed by atoms with van der Waals surface area (Å²) in [6.07, 6.45) is 6.93. The highest BCUT2D eigenvalue weighted by molar-refractivity contribution is 5.67. The molecule has 1 aliphatic carbocycles. The Morgan fingerprint density at radius 2 is 2.30 bits per heavy atom. The van der Waals surface area contributed by atoms with Crippen LogP contribution < -0.4 is 10.4 Å². The second-order valence-electron chi connectivity index (χ2n) is 6.20. The van der Waals surface area contributed by atoms with E-state index in [1.54, 1.807) is 24.5 Å². The molecule has 3 heterocycles. The zero-order chi connectivity index (χ0) is 16.0. The van der Waals surface area contributed by atoms with E-state index < -0.39 is 17.3 Å². The number of ether oxygens (including phenoxy) is 1. The van der Waals surface area contributed by atoms with E-state index in [1.807, 2.05) is 19.1 Å². The summed E-state index contributed by atoms with van der Waals surface area (Å²) in [6, 6.07) is 5.30. The molecule has 0 spiro atoms. The van der Waals surface area contributed by atoms with Gasteiger partial charge in [0.05, 0.1) is 6.10 Å². The molecule has 2 aromatic rings. The SMILES string of the molecule is C[C@]12Oc3cc(-c4cccnc4)oc(=O)c3C=C1CCC[C@@H]2O. The molecular formula is C18H17NO4. The van der Waals surface area contributed by atoms with Crippen molar-refractivity contribution in [2.45, 2.75) is 37.9 Å². The van der Waals surface area contributed by atoms with Crippen molar-refractivity contribution >= 4 is 6.08 Å². The zero-order valence-corrected chi connectivity index (χ0v) is 12.8. The van der Waals surface area contributed by atoms with Crippen LogP contribution in [0.1, 0.15) is 31.7 Å². The predicted molar refractivity (Wildman–Crippen MR) is 85.1 cm³/mol. The lowest BCUT2D eigenvalue weighted by molar-refractivity contribution is -0.0356. The van der Waals surface area contributed by atoms with Gasteiger partial charge in [0.2, 0.25) is 0 Å². The van der Waals surface area contributed by atoms with Crippen LogP contribution in [0, 0.1) is 0 Å². The van der Waals surface area contributed by atoms with Gasteiger partial charge in [-0.2, -0.15) is 0 Å². The summed E-state index contributed by atoms with van der Waals surface area (Å²) in [4.78, 5) is 16.4. The van der Waals surface area contributed by atoms with Crippen molar-refractivity contribution in [1.29, 1.82) is 0 Å². The molecule has 0 unspecified atom stereocenters. The predicted octanol–water partition coefficient (Wildman–Crippen LogP) is 2.78. The first-order valence-electron chi connectivity index (χ1n) is 7.74. The smallest absolute Gasteiger partial charge is 0.347 e. The van der Waals surface area contributed by atoms with Crippen molar-refractivity contribution in [3.63, 3.8) is 0 Å². The molecule has 2 aliphatic rings. The molecule has 5 heteroatoms. The highest BCUT2D eigenvalue weighted by Gasteiger charge is 2.44. The van der Waals surface area contributed by atoms with Crippen LogP contribution in [0.2, 0.25) is 0 Å². The van der Waals surface area contributed by atoms with Crippen molar-refractivity contribution in [3.05, 3.63) is 52.1 Å². The van der Waals surface area contributed by atoms with Crippen molar-refractivity contribution in [1.82, 2.24) is 4.98 Å². The Kier molecular flexibility index (Phi) is 3.13. The van der Waals surface area contributed by atoms with Gasteiger partial charge in [-0.1, -0.05) is 0 Å². The van der Waals surface area contributed by atoms with Gasteiger partial charge in [0.1, 0.15) is 17.1 Å². The van der Waals surface area contributed by atoms with Gasteiger partial charge in [-0.15, -0.1) is 0 Å². The molecular weight excluding hydrogens is 294 g/mol. The molecule has 0 bridgehead atoms. The van der Waals surface area contributed by atoms with E-state index in [0.717, 1.165) is 18.4 Å². The van der Waals surface area contributed by atoms with E-state index in [-0.39, 0.29) is 0 Å². The quantitative estimate of drug-likeness (QED) is 0.876. The molecule has 5 nitrogen and oxygen atoms in total. The van der Waals surface area contributed by atoms with Crippen LogP contribution in [-0.2, 0) is 0 Å². The van der Waals surface area contributed by atoms with Crippen LogP contribution in [0.15, 0.2) is 45.4 Å². The molecule has 1 saturated carbocycles. The highest BCUT2D eigenvalue weighted by Crippen LogP contribution is 2.43. The Labute approximate surface area is 133 Å². The van der Waals surface area contributed by atoms with Crippen LogP contribution in [-0.4, -0.2) is 21.8 Å². The average Bonchev–Trinajstić information content (AvgIpc) is 2.55. The van der Waals surface area contributed by atoms with Gasteiger partial charge in [0.25, 0.3) is 0 Å². The summed E-state index contributed by atoms with van der Waals surface area (Å²) in [7, 11) is 0. The molecule has 1 N–H and O–H groups in total. The summed E-state index contributed by atoms with van der Waals surface area (Å²) < 4.78 is 11.5. The van der Waals surface area contributed by atoms with Gasteiger partial charge in [-0.05, 0) is 50.0 Å². The fourth-order valence-electron chi connectivity index (χ4n) is 3.32. The number of aliphatic hydroxyl groups excluding tert-OH is 1. The van der Waals surface area contributed by atoms with Crippen LogP contribution in [0.3, 0.4) is 0 Å². The van der Waals surface area contributed by atoms with Gasteiger partial charge in [0.15, 0.2) is 5.60 Å². The maximum absolute atomic E-state index is 12.3. The number of aromatic nitrogens is 1. The molecule has 23 heavy (non-hydrogen) atoms. The molecule has 1 aliphatic heterocycles. The first-order valence-corrected chi connectivity index (χ1v) is 7.74. The molecule has 118 valence electrons.